The van der Waals surface area contributed by atoms with Crippen LogP contribution in [0.2, 0.25) is 5.02 Å². The van der Waals surface area contributed by atoms with E-state index < -0.39 is 10.0 Å². The highest BCUT2D eigenvalue weighted by molar-refractivity contribution is 7.89. The molecule has 0 bridgehead atoms. The van der Waals surface area contributed by atoms with Crippen LogP contribution in [0.25, 0.3) is 0 Å². The smallest absolute Gasteiger partial charge is 0.321 e. The first kappa shape index (κ1) is 22.8. The minimum atomic E-state index is -3.73. The molecule has 0 saturated carbocycles. The van der Waals surface area contributed by atoms with Crippen LogP contribution in [0.1, 0.15) is 11.5 Å². The number of nitrogens with one attached hydrogen (secondary N) is 1. The van der Waals surface area contributed by atoms with E-state index in [0.29, 0.717) is 29.6 Å². The zero-order valence-corrected chi connectivity index (χ0v) is 19.6. The first-order valence-electron chi connectivity index (χ1n) is 10.4. The van der Waals surface area contributed by atoms with Gasteiger partial charge in [0.2, 0.25) is 10.0 Å². The summed E-state index contributed by atoms with van der Waals surface area (Å²) in [4.78, 5) is 16.8. The molecule has 2 aliphatic rings. The van der Waals surface area contributed by atoms with Gasteiger partial charge in [-0.15, -0.1) is 0 Å². The van der Waals surface area contributed by atoms with E-state index in [1.165, 1.54) is 4.31 Å². The van der Waals surface area contributed by atoms with Crippen LogP contribution in [0, 0.1) is 13.8 Å². The van der Waals surface area contributed by atoms with Crippen LogP contribution < -0.4 is 10.2 Å². The molecular formula is C20H26ClN5O5S. The van der Waals surface area contributed by atoms with Crippen molar-refractivity contribution in [1.29, 1.82) is 0 Å². The van der Waals surface area contributed by atoms with Crippen molar-refractivity contribution in [3.63, 3.8) is 0 Å². The zero-order chi connectivity index (χ0) is 22.9. The molecule has 4 rings (SSSR count). The van der Waals surface area contributed by atoms with E-state index in [1.54, 1.807) is 30.9 Å². The maximum absolute atomic E-state index is 13.0. The Balaban J connectivity index is 1.43. The number of ether oxygens (including phenoxy) is 1. The lowest BCUT2D eigenvalue weighted by atomic mass is 10.2. The Morgan fingerprint density at radius 1 is 1.09 bits per heavy atom. The van der Waals surface area contributed by atoms with Crippen LogP contribution >= 0.6 is 11.6 Å². The SMILES string of the molecule is Cc1noc(C)c1S(=O)(=O)N1CCN(C(=O)Nc2cc(Cl)ccc2N2CCOCC2)CC1. The van der Waals surface area contributed by atoms with Gasteiger partial charge in [0.25, 0.3) is 0 Å². The zero-order valence-electron chi connectivity index (χ0n) is 18.0. The number of aryl methyl sites for hydroxylation is 2. The summed E-state index contributed by atoms with van der Waals surface area (Å²) in [6.07, 6.45) is 0. The first-order valence-corrected chi connectivity index (χ1v) is 12.2. The quantitative estimate of drug-likeness (QED) is 0.710. The number of halogens is 1. The predicted molar refractivity (Wildman–Crippen MR) is 120 cm³/mol. The molecule has 3 heterocycles. The average molecular weight is 484 g/mol. The molecule has 0 spiro atoms. The minimum Gasteiger partial charge on any atom is -0.378 e. The van der Waals surface area contributed by atoms with Crippen molar-refractivity contribution in [1.82, 2.24) is 14.4 Å². The molecular weight excluding hydrogens is 458 g/mol. The highest BCUT2D eigenvalue weighted by atomic mass is 35.5. The standard InChI is InChI=1S/C20H26ClN5O5S/c1-14-19(15(2)31-23-14)32(28,29)26-7-5-25(6-8-26)20(27)22-17-13-16(21)3-4-18(17)24-9-11-30-12-10-24/h3-4,13H,5-12H2,1-2H3,(H,22,27). The number of benzene rings is 1. The van der Waals surface area contributed by atoms with Gasteiger partial charge in [-0.3, -0.25) is 0 Å². The highest BCUT2D eigenvalue weighted by Crippen LogP contribution is 2.30. The molecule has 1 aromatic heterocycles. The van der Waals surface area contributed by atoms with Crippen LogP contribution in [-0.4, -0.2) is 81.3 Å². The van der Waals surface area contributed by atoms with Gasteiger partial charge in [-0.2, -0.15) is 4.31 Å². The molecule has 0 unspecified atom stereocenters. The van der Waals surface area contributed by atoms with Crippen molar-refractivity contribution in [2.45, 2.75) is 18.7 Å². The largest absolute Gasteiger partial charge is 0.378 e. The van der Waals surface area contributed by atoms with E-state index in [1.807, 2.05) is 6.07 Å². The third kappa shape index (κ3) is 4.56. The highest BCUT2D eigenvalue weighted by Gasteiger charge is 2.34. The molecule has 0 radical (unpaired) electrons. The molecule has 1 N–H and O–H groups in total. The van der Waals surface area contributed by atoms with E-state index >= 15 is 0 Å². The molecule has 0 atom stereocenters. The van der Waals surface area contributed by atoms with Crippen molar-refractivity contribution in [2.75, 3.05) is 62.7 Å². The summed E-state index contributed by atoms with van der Waals surface area (Å²) in [6, 6.07) is 5.11. The van der Waals surface area contributed by atoms with Gasteiger partial charge in [-0.05, 0) is 32.0 Å². The number of hydrogen-bond acceptors (Lipinski definition) is 7. The number of rotatable bonds is 4. The Kier molecular flexibility index (Phi) is 6.61. The monoisotopic (exact) mass is 483 g/mol. The second-order valence-corrected chi connectivity index (χ2v) is 10.0. The lowest BCUT2D eigenvalue weighted by Crippen LogP contribution is -2.51. The predicted octanol–water partition coefficient (Wildman–Crippen LogP) is 2.32. The molecule has 2 aromatic rings. The molecule has 0 aliphatic carbocycles. The van der Waals surface area contributed by atoms with Crippen molar-refractivity contribution < 1.29 is 22.5 Å². The van der Waals surface area contributed by atoms with Crippen molar-refractivity contribution >= 4 is 39.0 Å². The maximum atomic E-state index is 13.0. The van der Waals surface area contributed by atoms with Gasteiger partial charge in [-0.1, -0.05) is 16.8 Å². The number of nitrogens with zero attached hydrogens (tertiary/aromatic N) is 4. The molecule has 174 valence electrons. The topological polar surface area (TPSA) is 108 Å². The van der Waals surface area contributed by atoms with Crippen molar-refractivity contribution in [3.8, 4) is 0 Å². The molecule has 2 saturated heterocycles. The van der Waals surface area contributed by atoms with E-state index in [-0.39, 0.29) is 42.9 Å². The Morgan fingerprint density at radius 3 is 2.41 bits per heavy atom. The third-order valence-corrected chi connectivity index (χ3v) is 8.02. The van der Waals surface area contributed by atoms with E-state index in [4.69, 9.17) is 20.9 Å². The fourth-order valence-corrected chi connectivity index (χ4v) is 5.87. The Bertz CT molecular complexity index is 1070. The van der Waals surface area contributed by atoms with Crippen LogP contribution in [0.5, 0.6) is 0 Å². The summed E-state index contributed by atoms with van der Waals surface area (Å²) < 4.78 is 37.8. The molecule has 12 heteroatoms. The molecule has 10 nitrogen and oxygen atoms in total. The molecule has 32 heavy (non-hydrogen) atoms. The maximum Gasteiger partial charge on any atom is 0.321 e. The number of amides is 2. The number of anilines is 2. The second kappa shape index (κ2) is 9.26. The Hall–Kier alpha value is -2.34. The van der Waals surface area contributed by atoms with Crippen molar-refractivity contribution in [2.24, 2.45) is 0 Å². The normalized spacial score (nSPS) is 18.1. The Labute approximate surface area is 192 Å². The Morgan fingerprint density at radius 2 is 1.78 bits per heavy atom. The average Bonchev–Trinajstić information content (AvgIpc) is 3.13. The van der Waals surface area contributed by atoms with Gasteiger partial charge in [-0.25, -0.2) is 13.2 Å². The molecule has 2 aliphatic heterocycles. The minimum absolute atomic E-state index is 0.101. The van der Waals surface area contributed by atoms with Gasteiger partial charge >= 0.3 is 6.03 Å². The van der Waals surface area contributed by atoms with Gasteiger partial charge in [0, 0.05) is 44.3 Å². The lowest BCUT2D eigenvalue weighted by molar-refractivity contribution is 0.123. The van der Waals surface area contributed by atoms with Crippen LogP contribution in [0.3, 0.4) is 0 Å². The number of carbonyl (C=O) groups excluding carboxylic acids is 1. The number of carbonyl (C=O) groups is 1. The summed E-state index contributed by atoms with van der Waals surface area (Å²) in [7, 11) is -3.73. The summed E-state index contributed by atoms with van der Waals surface area (Å²) >= 11 is 6.17. The fraction of sp³-hybridized carbons (Fsp3) is 0.500. The molecule has 1 aromatic carbocycles. The van der Waals surface area contributed by atoms with Gasteiger partial charge < -0.3 is 24.4 Å². The fourth-order valence-electron chi connectivity index (χ4n) is 3.99. The van der Waals surface area contributed by atoms with Gasteiger partial charge in [0.1, 0.15) is 10.6 Å². The number of aromatic nitrogens is 1. The number of hydrogen-bond donors (Lipinski definition) is 1. The van der Waals surface area contributed by atoms with E-state index in [9.17, 15) is 13.2 Å². The lowest BCUT2D eigenvalue weighted by Gasteiger charge is -2.35. The summed E-state index contributed by atoms with van der Waals surface area (Å²) in [5.41, 5.74) is 1.83. The number of piperazine rings is 1. The van der Waals surface area contributed by atoms with Crippen LogP contribution in [-0.2, 0) is 14.8 Å². The van der Waals surface area contributed by atoms with Gasteiger partial charge in [0.15, 0.2) is 5.76 Å². The molecule has 2 amide bonds. The van der Waals surface area contributed by atoms with Gasteiger partial charge in [0.05, 0.1) is 24.6 Å². The number of morpholine rings is 1. The van der Waals surface area contributed by atoms with Crippen molar-refractivity contribution in [3.05, 3.63) is 34.7 Å². The van der Waals surface area contributed by atoms with Crippen LogP contribution in [0.15, 0.2) is 27.6 Å². The summed E-state index contributed by atoms with van der Waals surface area (Å²) in [5.74, 6) is 0.263. The number of sulfonamides is 1. The molecule has 2 fully saturated rings. The first-order chi connectivity index (χ1) is 15.3. The van der Waals surface area contributed by atoms with Crippen LogP contribution in [0.4, 0.5) is 16.2 Å². The third-order valence-electron chi connectivity index (χ3n) is 5.64. The number of urea groups is 1. The summed E-state index contributed by atoms with van der Waals surface area (Å²) in [6.45, 7) is 6.78. The van der Waals surface area contributed by atoms with E-state index in [0.717, 1.165) is 18.8 Å². The second-order valence-electron chi connectivity index (χ2n) is 7.74. The van der Waals surface area contributed by atoms with E-state index in [2.05, 4.69) is 15.4 Å². The summed E-state index contributed by atoms with van der Waals surface area (Å²) in [5, 5.41) is 7.21.